The van der Waals surface area contributed by atoms with E-state index in [2.05, 4.69) is 4.98 Å². The van der Waals surface area contributed by atoms with Gasteiger partial charge in [-0.1, -0.05) is 24.3 Å². The van der Waals surface area contributed by atoms with Crippen LogP contribution in [0.2, 0.25) is 0 Å². The third kappa shape index (κ3) is 3.38. The molecule has 1 aromatic heterocycles. The number of aromatic hydroxyl groups is 1. The van der Waals surface area contributed by atoms with E-state index in [1.165, 1.54) is 18.5 Å². The number of rotatable bonds is 5. The Morgan fingerprint density at radius 2 is 2.00 bits per heavy atom. The van der Waals surface area contributed by atoms with Crippen LogP contribution in [0.1, 0.15) is 28.4 Å². The van der Waals surface area contributed by atoms with Crippen LogP contribution >= 0.6 is 0 Å². The van der Waals surface area contributed by atoms with Gasteiger partial charge in [0.05, 0.1) is 11.8 Å². The van der Waals surface area contributed by atoms with Crippen LogP contribution in [0.3, 0.4) is 0 Å². The molecule has 0 radical (unpaired) electrons. The minimum Gasteiger partial charge on any atom is -0.505 e. The third-order valence-corrected chi connectivity index (χ3v) is 3.40. The lowest BCUT2D eigenvalue weighted by atomic mass is 10.1. The molecule has 21 heavy (non-hydrogen) atoms. The molecular formula is C16H19N3O2. The van der Waals surface area contributed by atoms with Crippen molar-refractivity contribution in [3.05, 3.63) is 59.4 Å². The maximum Gasteiger partial charge on any atom is 0.258 e. The van der Waals surface area contributed by atoms with Crippen LogP contribution < -0.4 is 5.73 Å². The van der Waals surface area contributed by atoms with Crippen molar-refractivity contribution in [2.75, 3.05) is 6.54 Å². The second-order valence-corrected chi connectivity index (χ2v) is 4.68. The van der Waals surface area contributed by atoms with E-state index < -0.39 is 0 Å². The number of carbonyl (C=O) groups is 1. The lowest BCUT2D eigenvalue weighted by Gasteiger charge is -2.22. The largest absolute Gasteiger partial charge is 0.505 e. The monoisotopic (exact) mass is 285 g/mol. The van der Waals surface area contributed by atoms with Crippen LogP contribution in [-0.2, 0) is 13.1 Å². The molecule has 0 fully saturated rings. The van der Waals surface area contributed by atoms with Gasteiger partial charge >= 0.3 is 0 Å². The fourth-order valence-electron chi connectivity index (χ4n) is 2.18. The van der Waals surface area contributed by atoms with Crippen LogP contribution in [0.25, 0.3) is 0 Å². The van der Waals surface area contributed by atoms with Gasteiger partial charge in [-0.2, -0.15) is 0 Å². The average Bonchev–Trinajstić information content (AvgIpc) is 2.52. The van der Waals surface area contributed by atoms with Crippen molar-refractivity contribution in [1.82, 2.24) is 9.88 Å². The Morgan fingerprint density at radius 1 is 1.29 bits per heavy atom. The zero-order chi connectivity index (χ0) is 15.2. The highest BCUT2D eigenvalue weighted by Crippen LogP contribution is 2.19. The first-order valence-corrected chi connectivity index (χ1v) is 6.86. The zero-order valence-electron chi connectivity index (χ0n) is 12.0. The van der Waals surface area contributed by atoms with Crippen LogP contribution in [0.4, 0.5) is 0 Å². The number of benzene rings is 1. The van der Waals surface area contributed by atoms with E-state index in [-0.39, 0.29) is 17.2 Å². The maximum atomic E-state index is 12.5. The summed E-state index contributed by atoms with van der Waals surface area (Å²) in [6.07, 6.45) is 2.77. The first kappa shape index (κ1) is 15.0. The molecule has 0 unspecified atom stereocenters. The number of hydrogen-bond donors (Lipinski definition) is 2. The molecule has 0 saturated heterocycles. The lowest BCUT2D eigenvalue weighted by molar-refractivity contribution is 0.0749. The molecule has 3 N–H and O–H groups in total. The first-order chi connectivity index (χ1) is 10.2. The van der Waals surface area contributed by atoms with E-state index in [0.717, 1.165) is 11.1 Å². The van der Waals surface area contributed by atoms with Crippen molar-refractivity contribution in [3.8, 4) is 5.75 Å². The van der Waals surface area contributed by atoms with Gasteiger partial charge in [0.2, 0.25) is 0 Å². The van der Waals surface area contributed by atoms with Crippen molar-refractivity contribution in [3.63, 3.8) is 0 Å². The Hall–Kier alpha value is -2.40. The highest BCUT2D eigenvalue weighted by Gasteiger charge is 2.18. The molecule has 1 heterocycles. The summed E-state index contributed by atoms with van der Waals surface area (Å²) in [4.78, 5) is 18.0. The van der Waals surface area contributed by atoms with E-state index >= 15 is 0 Å². The molecule has 2 rings (SSSR count). The molecule has 0 aliphatic rings. The first-order valence-electron chi connectivity index (χ1n) is 6.86. The topological polar surface area (TPSA) is 79.5 Å². The molecule has 2 aromatic rings. The molecule has 1 aromatic carbocycles. The van der Waals surface area contributed by atoms with E-state index in [0.29, 0.717) is 19.6 Å². The van der Waals surface area contributed by atoms with Crippen LogP contribution in [0.15, 0.2) is 42.7 Å². The molecule has 5 heteroatoms. The van der Waals surface area contributed by atoms with E-state index in [1.807, 2.05) is 31.2 Å². The van der Waals surface area contributed by atoms with Gasteiger partial charge in [0.25, 0.3) is 5.91 Å². The van der Waals surface area contributed by atoms with Crippen LogP contribution in [0.5, 0.6) is 5.75 Å². The minimum atomic E-state index is -0.218. The molecule has 0 atom stereocenters. The summed E-state index contributed by atoms with van der Waals surface area (Å²) in [7, 11) is 0. The van der Waals surface area contributed by atoms with Crippen LogP contribution in [-0.4, -0.2) is 27.4 Å². The quantitative estimate of drug-likeness (QED) is 0.879. The van der Waals surface area contributed by atoms with Crippen molar-refractivity contribution >= 4 is 5.91 Å². The highest BCUT2D eigenvalue weighted by molar-refractivity contribution is 5.96. The van der Waals surface area contributed by atoms with E-state index in [4.69, 9.17) is 5.73 Å². The zero-order valence-corrected chi connectivity index (χ0v) is 12.0. The summed E-state index contributed by atoms with van der Waals surface area (Å²) in [5.74, 6) is -0.322. The molecule has 0 aliphatic carbocycles. The van der Waals surface area contributed by atoms with Crippen molar-refractivity contribution in [2.45, 2.75) is 20.0 Å². The van der Waals surface area contributed by atoms with Gasteiger partial charge in [-0.25, -0.2) is 0 Å². The Bertz CT molecular complexity index is 628. The minimum absolute atomic E-state index is 0.104. The Morgan fingerprint density at radius 3 is 2.62 bits per heavy atom. The lowest BCUT2D eigenvalue weighted by Crippen LogP contribution is -2.31. The Balaban J connectivity index is 2.24. The molecule has 110 valence electrons. The average molecular weight is 285 g/mol. The Kier molecular flexibility index (Phi) is 4.90. The molecular weight excluding hydrogens is 266 g/mol. The number of carbonyl (C=O) groups excluding carboxylic acids is 1. The molecule has 0 aliphatic heterocycles. The molecule has 0 spiro atoms. The van der Waals surface area contributed by atoms with Gasteiger partial charge in [0.1, 0.15) is 5.75 Å². The molecule has 1 amide bonds. The Labute approximate surface area is 124 Å². The van der Waals surface area contributed by atoms with Gasteiger partial charge in [0.15, 0.2) is 0 Å². The number of aromatic nitrogens is 1. The SMILES string of the molecule is CCN(Cc1ccccc1CN)C(=O)c1ccncc1O. The second kappa shape index (κ2) is 6.85. The number of nitrogens with zero attached hydrogens (tertiary/aromatic N) is 2. The van der Waals surface area contributed by atoms with Gasteiger partial charge < -0.3 is 15.7 Å². The summed E-state index contributed by atoms with van der Waals surface area (Å²) in [6.45, 7) is 3.34. The summed E-state index contributed by atoms with van der Waals surface area (Å²) in [5, 5.41) is 9.76. The summed E-state index contributed by atoms with van der Waals surface area (Å²) in [6, 6.07) is 9.30. The molecule has 5 nitrogen and oxygen atoms in total. The van der Waals surface area contributed by atoms with Gasteiger partial charge in [-0.3, -0.25) is 9.78 Å². The van der Waals surface area contributed by atoms with Crippen molar-refractivity contribution in [1.29, 1.82) is 0 Å². The van der Waals surface area contributed by atoms with Gasteiger partial charge in [-0.05, 0) is 24.1 Å². The van der Waals surface area contributed by atoms with Crippen LogP contribution in [0, 0.1) is 0 Å². The summed E-state index contributed by atoms with van der Waals surface area (Å²) >= 11 is 0. The summed E-state index contributed by atoms with van der Waals surface area (Å²) in [5.41, 5.74) is 8.02. The van der Waals surface area contributed by atoms with Gasteiger partial charge in [0, 0.05) is 25.8 Å². The van der Waals surface area contributed by atoms with Crippen molar-refractivity contribution in [2.24, 2.45) is 5.73 Å². The number of amides is 1. The third-order valence-electron chi connectivity index (χ3n) is 3.40. The normalized spacial score (nSPS) is 10.4. The fraction of sp³-hybridized carbons (Fsp3) is 0.250. The predicted octanol–water partition coefficient (Wildman–Crippen LogP) is 1.91. The van der Waals surface area contributed by atoms with E-state index in [1.54, 1.807) is 4.90 Å². The fourth-order valence-corrected chi connectivity index (χ4v) is 2.18. The highest BCUT2D eigenvalue weighted by atomic mass is 16.3. The molecule has 0 bridgehead atoms. The van der Waals surface area contributed by atoms with E-state index in [9.17, 15) is 9.90 Å². The number of hydrogen-bond acceptors (Lipinski definition) is 4. The predicted molar refractivity (Wildman–Crippen MR) is 80.6 cm³/mol. The maximum absolute atomic E-state index is 12.5. The molecule has 0 saturated carbocycles. The smallest absolute Gasteiger partial charge is 0.258 e. The number of nitrogens with two attached hydrogens (primary N) is 1. The standard InChI is InChI=1S/C16H19N3O2/c1-2-19(11-13-6-4-3-5-12(13)9-17)16(21)14-7-8-18-10-15(14)20/h3-8,10,20H,2,9,11,17H2,1H3. The summed E-state index contributed by atoms with van der Waals surface area (Å²) < 4.78 is 0. The number of pyridine rings is 1. The van der Waals surface area contributed by atoms with Gasteiger partial charge in [-0.15, -0.1) is 0 Å². The van der Waals surface area contributed by atoms with Crippen molar-refractivity contribution < 1.29 is 9.90 Å². The second-order valence-electron chi connectivity index (χ2n) is 4.68.